The molecule has 13 heteroatoms. The normalized spacial score (nSPS) is 21.0. The molecule has 74 heavy (non-hydrogen) atoms. The van der Waals surface area contributed by atoms with Gasteiger partial charge in [-0.2, -0.15) is 0 Å². The molecule has 1 saturated carbocycles. The van der Waals surface area contributed by atoms with Gasteiger partial charge in [0.25, 0.3) is 0 Å². The molecule has 0 radical (unpaired) electrons. The van der Waals surface area contributed by atoms with Gasteiger partial charge in [0.1, 0.15) is 42.7 Å². The second-order valence-corrected chi connectivity index (χ2v) is 21.5. The minimum atomic E-state index is -5.04. The van der Waals surface area contributed by atoms with Crippen molar-refractivity contribution in [2.75, 3.05) is 19.8 Å². The molecule has 6 N–H and O–H groups in total. The zero-order valence-corrected chi connectivity index (χ0v) is 47.3. The number of carbonyl (C=O) groups excluding carboxylic acids is 1. The van der Waals surface area contributed by atoms with Crippen molar-refractivity contribution < 1.29 is 58.3 Å². The number of ether oxygens (including phenoxy) is 2. The number of hydrogen-bond acceptors (Lipinski definition) is 11. The predicted molar refractivity (Wildman–Crippen MR) is 304 cm³/mol. The molecule has 0 spiro atoms. The summed E-state index contributed by atoms with van der Waals surface area (Å²) < 4.78 is 34.4. The third kappa shape index (κ3) is 40.7. The maximum absolute atomic E-state index is 12.9. The van der Waals surface area contributed by atoms with Crippen LogP contribution in [-0.2, 0) is 27.9 Å². The highest BCUT2D eigenvalue weighted by molar-refractivity contribution is 7.47. The molecular formula is C61H107O12P. The Bertz CT molecular complexity index is 1540. The summed E-state index contributed by atoms with van der Waals surface area (Å²) in [7, 11) is -5.04. The topological polar surface area (TPSA) is 192 Å². The lowest BCUT2D eigenvalue weighted by Crippen LogP contribution is -2.64. The van der Waals surface area contributed by atoms with Crippen molar-refractivity contribution in [3.63, 3.8) is 0 Å². The Morgan fingerprint density at radius 3 is 1.23 bits per heavy atom. The van der Waals surface area contributed by atoms with Crippen molar-refractivity contribution in [3.8, 4) is 0 Å². The van der Waals surface area contributed by atoms with Crippen LogP contribution in [0.5, 0.6) is 0 Å². The van der Waals surface area contributed by atoms with Gasteiger partial charge >= 0.3 is 13.8 Å². The van der Waals surface area contributed by atoms with Crippen molar-refractivity contribution in [1.29, 1.82) is 0 Å². The number of rotatable bonds is 50. The van der Waals surface area contributed by atoms with Crippen LogP contribution in [0.2, 0.25) is 0 Å². The molecule has 0 aromatic carbocycles. The van der Waals surface area contributed by atoms with Gasteiger partial charge in [-0.05, 0) is 89.9 Å². The van der Waals surface area contributed by atoms with E-state index in [1.54, 1.807) is 0 Å². The molecule has 1 rings (SSSR count). The van der Waals surface area contributed by atoms with Gasteiger partial charge in [-0.3, -0.25) is 13.8 Å². The lowest BCUT2D eigenvalue weighted by molar-refractivity contribution is -0.220. The Balaban J connectivity index is 2.31. The van der Waals surface area contributed by atoms with Crippen LogP contribution in [0, 0.1) is 0 Å². The van der Waals surface area contributed by atoms with Crippen LogP contribution >= 0.6 is 7.82 Å². The maximum atomic E-state index is 12.9. The van der Waals surface area contributed by atoms with E-state index in [2.05, 4.69) is 98.9 Å². The van der Waals surface area contributed by atoms with E-state index in [4.69, 9.17) is 18.5 Å². The predicted octanol–water partition coefficient (Wildman–Crippen LogP) is 14.4. The molecule has 6 atom stereocenters. The minimum absolute atomic E-state index is 0.0941. The molecule has 1 aliphatic carbocycles. The first-order valence-corrected chi connectivity index (χ1v) is 30.9. The maximum Gasteiger partial charge on any atom is 0.472 e. The van der Waals surface area contributed by atoms with Crippen molar-refractivity contribution in [1.82, 2.24) is 0 Å². The molecule has 428 valence electrons. The van der Waals surface area contributed by atoms with E-state index in [0.717, 1.165) is 96.3 Å². The molecule has 1 fully saturated rings. The molecular weight excluding hydrogens is 956 g/mol. The number of aliphatic hydroxyl groups excluding tert-OH is 5. The van der Waals surface area contributed by atoms with E-state index in [9.17, 15) is 39.8 Å². The molecule has 0 aliphatic heterocycles. The van der Waals surface area contributed by atoms with Gasteiger partial charge in [0.2, 0.25) is 0 Å². The van der Waals surface area contributed by atoms with Crippen molar-refractivity contribution >= 4 is 13.8 Å². The van der Waals surface area contributed by atoms with Crippen molar-refractivity contribution in [2.24, 2.45) is 0 Å². The first kappa shape index (κ1) is 69.5. The summed E-state index contributed by atoms with van der Waals surface area (Å²) in [6.45, 7) is 4.13. The average Bonchev–Trinajstić information content (AvgIpc) is 3.39. The standard InChI is InChI=1S/C61H107O12P/c1-3-5-7-9-11-13-15-17-19-21-23-25-27-29-31-33-35-37-39-41-43-45-47-49-51-70-52-54(53-71-74(68,69)73-61-59(66)57(64)56(63)58(65)60(61)67)72-55(62)50-48-46-44-42-40-38-36-34-32-30-28-26-24-22-20-18-16-14-12-10-8-6-4-2/h5,7,11,13,17,19,22-25,29,31,35,37,54,56-61,63-67H,3-4,6,8-10,12,14-16,18,20-21,26-28,30,32-34,36,38-53H2,1-2H3,(H,68,69)/b7-5-,13-11-,19-17-,24-22-,25-23-,31-29-,37-35-. The summed E-state index contributed by atoms with van der Waals surface area (Å²) in [5, 5.41) is 50.5. The van der Waals surface area contributed by atoms with Gasteiger partial charge in [-0.25, -0.2) is 4.57 Å². The Labute approximate surface area is 450 Å². The first-order valence-electron chi connectivity index (χ1n) is 29.4. The molecule has 0 aromatic rings. The molecule has 0 bridgehead atoms. The van der Waals surface area contributed by atoms with Crippen LogP contribution in [0.15, 0.2) is 85.1 Å². The van der Waals surface area contributed by atoms with Crippen LogP contribution in [-0.4, -0.2) is 98.9 Å². The minimum Gasteiger partial charge on any atom is -0.457 e. The number of unbranched alkanes of at least 4 members (excludes halogenated alkanes) is 24. The fourth-order valence-electron chi connectivity index (χ4n) is 8.65. The number of hydrogen-bond donors (Lipinski definition) is 6. The number of carbonyl (C=O) groups is 1. The van der Waals surface area contributed by atoms with Gasteiger partial charge in [0, 0.05) is 13.0 Å². The van der Waals surface area contributed by atoms with Crippen LogP contribution in [0.1, 0.15) is 232 Å². The second-order valence-electron chi connectivity index (χ2n) is 20.1. The van der Waals surface area contributed by atoms with Gasteiger partial charge in [0.15, 0.2) is 0 Å². The lowest BCUT2D eigenvalue weighted by Gasteiger charge is -2.41. The highest BCUT2D eigenvalue weighted by Gasteiger charge is 2.51. The molecule has 0 saturated heterocycles. The summed E-state index contributed by atoms with van der Waals surface area (Å²) in [5.41, 5.74) is 0. The Morgan fingerprint density at radius 2 is 0.797 bits per heavy atom. The third-order valence-corrected chi connectivity index (χ3v) is 14.2. The summed E-state index contributed by atoms with van der Waals surface area (Å²) in [4.78, 5) is 23.3. The average molecular weight is 1060 g/mol. The monoisotopic (exact) mass is 1060 g/mol. The number of allylic oxidation sites excluding steroid dienone is 14. The van der Waals surface area contributed by atoms with Crippen molar-refractivity contribution in [3.05, 3.63) is 85.1 Å². The third-order valence-electron chi connectivity index (χ3n) is 13.3. The van der Waals surface area contributed by atoms with E-state index in [0.29, 0.717) is 13.0 Å². The lowest BCUT2D eigenvalue weighted by atomic mass is 9.85. The van der Waals surface area contributed by atoms with Crippen molar-refractivity contribution in [2.45, 2.75) is 275 Å². The molecule has 0 amide bonds. The fourth-order valence-corrected chi connectivity index (χ4v) is 9.62. The molecule has 12 nitrogen and oxygen atoms in total. The van der Waals surface area contributed by atoms with Crippen LogP contribution < -0.4 is 0 Å². The number of phosphoric acid groups is 1. The SMILES string of the molecule is CC/C=C\C/C=C\C/C=C\C/C=C\C/C=C\C/C=C\CCCCCCCOCC(COP(=O)(O)OC1C(O)C(O)C(O)C(O)C1O)OC(=O)CCCCCCCCCCCCC/C=C\CCCCCCCCCC. The Kier molecular flexibility index (Phi) is 47.0. The quantitative estimate of drug-likeness (QED) is 0.0146. The Morgan fingerprint density at radius 1 is 0.446 bits per heavy atom. The molecule has 0 heterocycles. The van der Waals surface area contributed by atoms with Gasteiger partial charge in [-0.15, -0.1) is 0 Å². The van der Waals surface area contributed by atoms with E-state index in [-0.39, 0.29) is 13.0 Å². The molecule has 0 aromatic heterocycles. The van der Waals surface area contributed by atoms with Gasteiger partial charge in [-0.1, -0.05) is 221 Å². The molecule has 6 unspecified atom stereocenters. The number of aliphatic hydroxyl groups is 5. The van der Waals surface area contributed by atoms with E-state index in [1.165, 1.54) is 109 Å². The smallest absolute Gasteiger partial charge is 0.457 e. The summed E-state index contributed by atoms with van der Waals surface area (Å²) in [5.74, 6) is -0.486. The highest BCUT2D eigenvalue weighted by atomic mass is 31.2. The van der Waals surface area contributed by atoms with Gasteiger partial charge in [0.05, 0.1) is 13.2 Å². The summed E-state index contributed by atoms with van der Waals surface area (Å²) in [6.07, 6.45) is 56.5. The van der Waals surface area contributed by atoms with Gasteiger partial charge < -0.3 is 39.9 Å². The zero-order valence-electron chi connectivity index (χ0n) is 46.4. The van der Waals surface area contributed by atoms with Crippen LogP contribution in [0.4, 0.5) is 0 Å². The number of esters is 1. The zero-order chi connectivity index (χ0) is 54.0. The summed E-state index contributed by atoms with van der Waals surface area (Å²) in [6, 6.07) is 0. The first-order chi connectivity index (χ1) is 36.0. The second kappa shape index (κ2) is 50.1. The van der Waals surface area contributed by atoms with Crippen LogP contribution in [0.25, 0.3) is 0 Å². The van der Waals surface area contributed by atoms with Crippen LogP contribution in [0.3, 0.4) is 0 Å². The summed E-state index contributed by atoms with van der Waals surface area (Å²) >= 11 is 0. The van der Waals surface area contributed by atoms with E-state index >= 15 is 0 Å². The fraction of sp³-hybridized carbons (Fsp3) is 0.754. The Hall–Kier alpha value is -2.48. The largest absolute Gasteiger partial charge is 0.472 e. The van der Waals surface area contributed by atoms with E-state index in [1.807, 2.05) is 0 Å². The highest BCUT2D eigenvalue weighted by Crippen LogP contribution is 2.47. The van der Waals surface area contributed by atoms with E-state index < -0.39 is 63.1 Å². The number of phosphoric ester groups is 1. The molecule has 1 aliphatic rings.